The number of halogens is 1. The molecule has 0 aromatic carbocycles. The Morgan fingerprint density at radius 3 is 2.75 bits per heavy atom. The number of nitrogens with zero attached hydrogens (tertiary/aromatic N) is 4. The molecule has 0 unspecified atom stereocenters. The Labute approximate surface area is 197 Å². The summed E-state index contributed by atoms with van der Waals surface area (Å²) in [6.45, 7) is 7.58. The topological polar surface area (TPSA) is 115 Å². The molecule has 0 saturated heterocycles. The quantitative estimate of drug-likeness (QED) is 0.275. The van der Waals surface area contributed by atoms with Crippen molar-refractivity contribution in [2.24, 2.45) is 4.40 Å². The number of carbonyl (C=O) groups is 1. The van der Waals surface area contributed by atoms with Crippen LogP contribution in [0.2, 0.25) is 5.28 Å². The predicted octanol–water partition coefficient (Wildman–Crippen LogP) is 5.50. The summed E-state index contributed by atoms with van der Waals surface area (Å²) in [4.78, 5) is 22.8. The molecule has 1 fully saturated rings. The van der Waals surface area contributed by atoms with Crippen molar-refractivity contribution in [1.29, 1.82) is 0 Å². The van der Waals surface area contributed by atoms with Crippen molar-refractivity contribution >= 4 is 62.6 Å². The minimum absolute atomic E-state index is 0.00573. The van der Waals surface area contributed by atoms with Gasteiger partial charge < -0.3 is 14.1 Å². The fourth-order valence-electron chi connectivity index (χ4n) is 3.35. The molecule has 1 saturated carbocycles. The molecule has 11 heteroatoms. The van der Waals surface area contributed by atoms with Crippen molar-refractivity contribution < 1.29 is 18.9 Å². The standard InChI is InChI=1S/C21H23ClN4O4S2/c1-12-14-15(31-16(12)21(7-8-21)11-23-32(29)20(2,3)4)17(25-18(22)24-14)26(19(27)28)10-13-6-5-9-30-13/h5-6,9,11H,7-8,10H2,1-4H3,(H,27,28)/b23-11+/t32-/m1/s1. The Morgan fingerprint density at radius 2 is 2.19 bits per heavy atom. The van der Waals surface area contributed by atoms with Gasteiger partial charge in [-0.1, -0.05) is 4.40 Å². The van der Waals surface area contributed by atoms with E-state index in [4.69, 9.17) is 16.0 Å². The smallest absolute Gasteiger partial charge is 0.413 e. The lowest BCUT2D eigenvalue weighted by Gasteiger charge is -2.18. The van der Waals surface area contributed by atoms with Crippen LogP contribution in [0.1, 0.15) is 49.8 Å². The highest BCUT2D eigenvalue weighted by Gasteiger charge is 2.47. The first-order valence-electron chi connectivity index (χ1n) is 9.99. The molecule has 3 heterocycles. The van der Waals surface area contributed by atoms with E-state index in [0.29, 0.717) is 16.0 Å². The van der Waals surface area contributed by atoms with Gasteiger partial charge >= 0.3 is 6.09 Å². The number of rotatable bonds is 6. The van der Waals surface area contributed by atoms with Crippen LogP contribution in [0.3, 0.4) is 0 Å². The van der Waals surface area contributed by atoms with Gasteiger partial charge in [0.1, 0.15) is 21.9 Å². The summed E-state index contributed by atoms with van der Waals surface area (Å²) in [5.74, 6) is 0.702. The van der Waals surface area contributed by atoms with Crippen molar-refractivity contribution in [3.8, 4) is 0 Å². The minimum Gasteiger partial charge on any atom is -0.591 e. The summed E-state index contributed by atoms with van der Waals surface area (Å²) in [5.41, 5.74) is 1.20. The van der Waals surface area contributed by atoms with Crippen LogP contribution in [0.4, 0.5) is 10.6 Å². The Balaban J connectivity index is 1.79. The third kappa shape index (κ3) is 4.36. The van der Waals surface area contributed by atoms with Crippen molar-refractivity contribution in [2.75, 3.05) is 4.90 Å². The SMILES string of the molecule is Cc1c(C2(/C=N/[S@+]([O-])C(C)(C)C)CC2)sc2c(N(Cc3ccco3)C(=O)O)nc(Cl)nc12. The maximum Gasteiger partial charge on any atom is 0.413 e. The molecule has 8 nitrogen and oxygen atoms in total. The summed E-state index contributed by atoms with van der Waals surface area (Å²) in [6, 6.07) is 3.40. The van der Waals surface area contributed by atoms with Gasteiger partial charge in [-0.15, -0.1) is 11.3 Å². The number of hydrogen-bond acceptors (Lipinski definition) is 7. The number of carboxylic acid groups (broad SMARTS) is 1. The number of fused-ring (bicyclic) bond motifs is 1. The van der Waals surface area contributed by atoms with E-state index in [1.54, 1.807) is 18.3 Å². The highest BCUT2D eigenvalue weighted by atomic mass is 35.5. The zero-order valence-corrected chi connectivity index (χ0v) is 20.5. The lowest BCUT2D eigenvalue weighted by molar-refractivity contribution is 0.200. The van der Waals surface area contributed by atoms with Gasteiger partial charge in [0.05, 0.1) is 29.2 Å². The number of aryl methyl sites for hydroxylation is 1. The van der Waals surface area contributed by atoms with Gasteiger partial charge in [-0.3, -0.25) is 4.90 Å². The fourth-order valence-corrected chi connectivity index (χ4v) is 5.59. The van der Waals surface area contributed by atoms with Crippen LogP contribution in [0.15, 0.2) is 27.2 Å². The molecule has 4 rings (SSSR count). The molecule has 0 aliphatic heterocycles. The van der Waals surface area contributed by atoms with Gasteiger partial charge in [0.15, 0.2) is 5.82 Å². The molecule has 170 valence electrons. The molecule has 1 atom stereocenters. The second-order valence-corrected chi connectivity index (χ2v) is 12.0. The lowest BCUT2D eigenvalue weighted by Crippen LogP contribution is -2.29. The summed E-state index contributed by atoms with van der Waals surface area (Å²) in [5, 5.41) is 9.85. The number of aromatic nitrogens is 2. The summed E-state index contributed by atoms with van der Waals surface area (Å²) in [7, 11) is 0. The number of amides is 1. The van der Waals surface area contributed by atoms with Crippen molar-refractivity contribution in [1.82, 2.24) is 9.97 Å². The molecule has 1 amide bonds. The average molecular weight is 495 g/mol. The van der Waals surface area contributed by atoms with Crippen molar-refractivity contribution in [3.63, 3.8) is 0 Å². The first kappa shape index (κ1) is 23.0. The zero-order valence-electron chi connectivity index (χ0n) is 18.1. The third-order valence-corrected chi connectivity index (χ3v) is 8.27. The second-order valence-electron chi connectivity index (χ2n) is 8.75. The number of furan rings is 1. The normalized spacial score (nSPS) is 16.6. The second kappa shape index (κ2) is 8.33. The van der Waals surface area contributed by atoms with Crippen LogP contribution in [-0.4, -0.2) is 36.7 Å². The molecule has 32 heavy (non-hydrogen) atoms. The van der Waals surface area contributed by atoms with E-state index >= 15 is 0 Å². The Morgan fingerprint density at radius 1 is 1.47 bits per heavy atom. The summed E-state index contributed by atoms with van der Waals surface area (Å²) < 4.78 is 22.3. The zero-order chi connectivity index (χ0) is 23.3. The highest BCUT2D eigenvalue weighted by Crippen LogP contribution is 2.53. The van der Waals surface area contributed by atoms with Gasteiger partial charge in [0.25, 0.3) is 0 Å². The third-order valence-electron chi connectivity index (χ3n) is 5.26. The predicted molar refractivity (Wildman–Crippen MR) is 127 cm³/mol. The van der Waals surface area contributed by atoms with Crippen LogP contribution in [-0.2, 0) is 23.3 Å². The van der Waals surface area contributed by atoms with Gasteiger partial charge in [0.2, 0.25) is 5.28 Å². The van der Waals surface area contributed by atoms with Gasteiger partial charge in [-0.2, -0.15) is 4.98 Å². The molecule has 0 radical (unpaired) electrons. The van der Waals surface area contributed by atoms with Gasteiger partial charge in [0, 0.05) is 10.3 Å². The first-order valence-corrected chi connectivity index (χ1v) is 12.3. The molecule has 0 spiro atoms. The van der Waals surface area contributed by atoms with Gasteiger partial charge in [-0.05, 0) is 69.8 Å². The maximum atomic E-state index is 12.4. The van der Waals surface area contributed by atoms with E-state index in [9.17, 15) is 14.5 Å². The van der Waals surface area contributed by atoms with Crippen molar-refractivity contribution in [2.45, 2.75) is 57.2 Å². The molecule has 1 aliphatic rings. The molecule has 3 aromatic rings. The minimum atomic E-state index is -1.35. The van der Waals surface area contributed by atoms with E-state index in [0.717, 1.165) is 28.2 Å². The molecule has 1 N–H and O–H groups in total. The molecular formula is C21H23ClN4O4S2. The molecule has 1 aliphatic carbocycles. The first-order chi connectivity index (χ1) is 15.0. The molecule has 0 bridgehead atoms. The van der Waals surface area contributed by atoms with Crippen LogP contribution in [0.25, 0.3) is 10.2 Å². The summed E-state index contributed by atoms with van der Waals surface area (Å²) >= 11 is 6.27. The maximum absolute atomic E-state index is 12.4. The van der Waals surface area contributed by atoms with Gasteiger partial charge in [-0.25, -0.2) is 9.78 Å². The Bertz CT molecular complexity index is 1180. The Hall–Kier alpha value is -2.14. The number of hydrogen-bond donors (Lipinski definition) is 1. The Kier molecular flexibility index (Phi) is 6.00. The van der Waals surface area contributed by atoms with E-state index in [1.165, 1.54) is 17.6 Å². The monoisotopic (exact) mass is 494 g/mol. The number of thiophene rings is 1. The van der Waals surface area contributed by atoms with Crippen LogP contribution in [0, 0.1) is 6.92 Å². The van der Waals surface area contributed by atoms with E-state index < -0.39 is 22.2 Å². The lowest BCUT2D eigenvalue weighted by atomic mass is 10.0. The molecule has 3 aromatic heterocycles. The van der Waals surface area contributed by atoms with Crippen molar-refractivity contribution in [3.05, 3.63) is 39.9 Å². The largest absolute Gasteiger partial charge is 0.591 e. The number of anilines is 1. The summed E-state index contributed by atoms with van der Waals surface area (Å²) in [6.07, 6.45) is 3.85. The average Bonchev–Trinajstić information content (AvgIpc) is 3.16. The van der Waals surface area contributed by atoms with E-state index in [2.05, 4.69) is 14.4 Å². The van der Waals surface area contributed by atoms with Crippen LogP contribution >= 0.6 is 22.9 Å². The fraction of sp³-hybridized carbons (Fsp3) is 0.429. The molecular weight excluding hydrogens is 472 g/mol. The van der Waals surface area contributed by atoms with Crippen LogP contribution < -0.4 is 4.90 Å². The van der Waals surface area contributed by atoms with E-state index in [-0.39, 0.29) is 23.1 Å². The highest BCUT2D eigenvalue weighted by molar-refractivity contribution is 7.91. The van der Waals surface area contributed by atoms with Crippen LogP contribution in [0.5, 0.6) is 0 Å². The van der Waals surface area contributed by atoms with E-state index in [1.807, 2.05) is 27.7 Å².